The second-order valence-electron chi connectivity index (χ2n) is 7.82. The van der Waals surface area contributed by atoms with Gasteiger partial charge in [0.25, 0.3) is 0 Å². The van der Waals surface area contributed by atoms with Crippen LogP contribution >= 0.6 is 0 Å². The van der Waals surface area contributed by atoms with Gasteiger partial charge in [-0.3, -0.25) is 9.69 Å². The third kappa shape index (κ3) is 5.37. The van der Waals surface area contributed by atoms with E-state index in [0.29, 0.717) is 5.92 Å². The standard InChI is InChI=1S/C17H31N3O3/c1-17(2,3)23-16(22)19-10-7-13(8-11-19)12-20-9-5-4-6-14(20)15(18)21/h13-14H,4-12H2,1-3H3,(H2,18,21)/t14-/m0/s1. The van der Waals surface area contributed by atoms with E-state index in [-0.39, 0.29) is 18.0 Å². The van der Waals surface area contributed by atoms with Gasteiger partial charge in [-0.2, -0.15) is 0 Å². The molecule has 2 saturated heterocycles. The lowest BCUT2D eigenvalue weighted by atomic mass is 9.93. The summed E-state index contributed by atoms with van der Waals surface area (Å²) in [4.78, 5) is 27.7. The van der Waals surface area contributed by atoms with E-state index in [0.717, 1.165) is 58.3 Å². The highest BCUT2D eigenvalue weighted by Crippen LogP contribution is 2.24. The maximum Gasteiger partial charge on any atom is 0.410 e. The molecule has 0 aromatic heterocycles. The van der Waals surface area contributed by atoms with E-state index < -0.39 is 5.60 Å². The van der Waals surface area contributed by atoms with Crippen molar-refractivity contribution < 1.29 is 14.3 Å². The fourth-order valence-corrected chi connectivity index (χ4v) is 3.49. The number of amides is 2. The van der Waals surface area contributed by atoms with Gasteiger partial charge < -0.3 is 15.4 Å². The average Bonchev–Trinajstić information content (AvgIpc) is 2.46. The SMILES string of the molecule is CC(C)(C)OC(=O)N1CCC(CN2CCCC[C@H]2C(N)=O)CC1. The number of hydrogen-bond acceptors (Lipinski definition) is 4. The smallest absolute Gasteiger partial charge is 0.410 e. The van der Waals surface area contributed by atoms with Crippen LogP contribution in [-0.4, -0.2) is 59.6 Å². The third-order valence-corrected chi connectivity index (χ3v) is 4.70. The number of nitrogens with zero attached hydrogens (tertiary/aromatic N) is 2. The number of carbonyl (C=O) groups is 2. The van der Waals surface area contributed by atoms with Crippen LogP contribution in [0.15, 0.2) is 0 Å². The fraction of sp³-hybridized carbons (Fsp3) is 0.882. The van der Waals surface area contributed by atoms with Gasteiger partial charge in [0.1, 0.15) is 5.60 Å². The fourth-order valence-electron chi connectivity index (χ4n) is 3.49. The molecule has 6 heteroatoms. The molecule has 0 aliphatic carbocycles. The Labute approximate surface area is 139 Å². The van der Waals surface area contributed by atoms with Crippen molar-refractivity contribution >= 4 is 12.0 Å². The number of ether oxygens (including phenoxy) is 1. The molecule has 2 rings (SSSR count). The van der Waals surface area contributed by atoms with Crippen LogP contribution in [0, 0.1) is 5.92 Å². The molecule has 1 atom stereocenters. The highest BCUT2D eigenvalue weighted by molar-refractivity contribution is 5.79. The lowest BCUT2D eigenvalue weighted by Gasteiger charge is -2.39. The highest BCUT2D eigenvalue weighted by Gasteiger charge is 2.31. The summed E-state index contributed by atoms with van der Waals surface area (Å²) in [6.45, 7) is 8.99. The quantitative estimate of drug-likeness (QED) is 0.861. The molecule has 2 heterocycles. The summed E-state index contributed by atoms with van der Waals surface area (Å²) in [6.07, 6.45) is 4.81. The second kappa shape index (κ2) is 7.51. The molecule has 2 fully saturated rings. The Kier molecular flexibility index (Phi) is 5.89. The zero-order valence-corrected chi connectivity index (χ0v) is 14.7. The lowest BCUT2D eigenvalue weighted by molar-refractivity contribution is -0.124. The topological polar surface area (TPSA) is 75.9 Å². The van der Waals surface area contributed by atoms with Crippen LogP contribution in [0.2, 0.25) is 0 Å². The molecule has 0 aromatic rings. The van der Waals surface area contributed by atoms with Gasteiger partial charge in [-0.25, -0.2) is 4.79 Å². The Morgan fingerprint density at radius 2 is 1.74 bits per heavy atom. The Balaban J connectivity index is 1.80. The van der Waals surface area contributed by atoms with Gasteiger partial charge in [0, 0.05) is 19.6 Å². The maximum absolute atomic E-state index is 12.1. The van der Waals surface area contributed by atoms with Crippen molar-refractivity contribution in [2.45, 2.75) is 64.5 Å². The summed E-state index contributed by atoms with van der Waals surface area (Å²) < 4.78 is 5.43. The minimum Gasteiger partial charge on any atom is -0.444 e. The van der Waals surface area contributed by atoms with Crippen LogP contribution in [0.3, 0.4) is 0 Å². The molecule has 0 saturated carbocycles. The minimum atomic E-state index is -0.448. The summed E-state index contributed by atoms with van der Waals surface area (Å²) >= 11 is 0. The van der Waals surface area contributed by atoms with Crippen LogP contribution in [0.25, 0.3) is 0 Å². The molecule has 6 nitrogen and oxygen atoms in total. The predicted octanol–water partition coefficient (Wildman–Crippen LogP) is 1.97. The van der Waals surface area contributed by atoms with E-state index in [1.165, 1.54) is 0 Å². The molecular weight excluding hydrogens is 294 g/mol. The summed E-state index contributed by atoms with van der Waals surface area (Å²) in [7, 11) is 0. The van der Waals surface area contributed by atoms with Crippen molar-refractivity contribution in [1.29, 1.82) is 0 Å². The molecule has 132 valence electrons. The first kappa shape index (κ1) is 18.0. The van der Waals surface area contributed by atoms with Gasteiger partial charge in [0.05, 0.1) is 6.04 Å². The largest absolute Gasteiger partial charge is 0.444 e. The zero-order valence-electron chi connectivity index (χ0n) is 14.7. The minimum absolute atomic E-state index is 0.104. The summed E-state index contributed by atoms with van der Waals surface area (Å²) in [5.74, 6) is 0.324. The van der Waals surface area contributed by atoms with Gasteiger partial charge in [-0.15, -0.1) is 0 Å². The van der Waals surface area contributed by atoms with Crippen molar-refractivity contribution in [2.24, 2.45) is 11.7 Å². The van der Waals surface area contributed by atoms with Crippen molar-refractivity contribution in [3.05, 3.63) is 0 Å². The summed E-state index contributed by atoms with van der Waals surface area (Å²) in [6, 6.07) is -0.104. The Hall–Kier alpha value is -1.30. The van der Waals surface area contributed by atoms with E-state index in [1.807, 2.05) is 20.8 Å². The van der Waals surface area contributed by atoms with Crippen LogP contribution < -0.4 is 5.73 Å². The van der Waals surface area contributed by atoms with Crippen molar-refractivity contribution in [3.63, 3.8) is 0 Å². The van der Waals surface area contributed by atoms with Crippen molar-refractivity contribution in [1.82, 2.24) is 9.80 Å². The molecule has 0 radical (unpaired) electrons. The molecular formula is C17H31N3O3. The average molecular weight is 325 g/mol. The van der Waals surface area contributed by atoms with E-state index in [4.69, 9.17) is 10.5 Å². The number of piperidine rings is 2. The molecule has 2 N–H and O–H groups in total. The molecule has 2 aliphatic rings. The lowest BCUT2D eigenvalue weighted by Crippen LogP contribution is -2.50. The monoisotopic (exact) mass is 325 g/mol. The van der Waals surface area contributed by atoms with Crippen molar-refractivity contribution in [2.75, 3.05) is 26.2 Å². The summed E-state index contributed by atoms with van der Waals surface area (Å²) in [5, 5.41) is 0. The Bertz CT molecular complexity index is 425. The maximum atomic E-state index is 12.1. The third-order valence-electron chi connectivity index (χ3n) is 4.70. The number of primary amides is 1. The zero-order chi connectivity index (χ0) is 17.0. The molecule has 0 bridgehead atoms. The van der Waals surface area contributed by atoms with Crippen LogP contribution in [-0.2, 0) is 9.53 Å². The van der Waals surface area contributed by atoms with Gasteiger partial charge >= 0.3 is 6.09 Å². The van der Waals surface area contributed by atoms with E-state index in [9.17, 15) is 9.59 Å². The summed E-state index contributed by atoms with van der Waals surface area (Å²) in [5.41, 5.74) is 5.09. The molecule has 0 spiro atoms. The Morgan fingerprint density at radius 1 is 1.09 bits per heavy atom. The number of likely N-dealkylation sites (tertiary alicyclic amines) is 2. The second-order valence-corrected chi connectivity index (χ2v) is 7.82. The first-order valence-corrected chi connectivity index (χ1v) is 8.77. The van der Waals surface area contributed by atoms with E-state index in [2.05, 4.69) is 4.90 Å². The number of nitrogens with two attached hydrogens (primary N) is 1. The number of rotatable bonds is 3. The van der Waals surface area contributed by atoms with Crippen LogP contribution in [0.1, 0.15) is 52.9 Å². The number of hydrogen-bond donors (Lipinski definition) is 1. The normalized spacial score (nSPS) is 24.5. The van der Waals surface area contributed by atoms with Gasteiger partial charge in [0.15, 0.2) is 0 Å². The molecule has 0 unspecified atom stereocenters. The van der Waals surface area contributed by atoms with Crippen LogP contribution in [0.4, 0.5) is 4.79 Å². The molecule has 2 aliphatic heterocycles. The molecule has 23 heavy (non-hydrogen) atoms. The molecule has 0 aromatic carbocycles. The van der Waals surface area contributed by atoms with Gasteiger partial charge in [-0.1, -0.05) is 6.42 Å². The van der Waals surface area contributed by atoms with E-state index >= 15 is 0 Å². The first-order chi connectivity index (χ1) is 10.8. The predicted molar refractivity (Wildman–Crippen MR) is 88.9 cm³/mol. The van der Waals surface area contributed by atoms with E-state index in [1.54, 1.807) is 4.90 Å². The Morgan fingerprint density at radius 3 is 2.30 bits per heavy atom. The highest BCUT2D eigenvalue weighted by atomic mass is 16.6. The first-order valence-electron chi connectivity index (χ1n) is 8.77. The van der Waals surface area contributed by atoms with Crippen LogP contribution in [0.5, 0.6) is 0 Å². The number of carbonyl (C=O) groups excluding carboxylic acids is 2. The van der Waals surface area contributed by atoms with Gasteiger partial charge in [-0.05, 0) is 58.9 Å². The molecule has 2 amide bonds. The van der Waals surface area contributed by atoms with Crippen molar-refractivity contribution in [3.8, 4) is 0 Å². The van der Waals surface area contributed by atoms with Gasteiger partial charge in [0.2, 0.25) is 5.91 Å².